The standard InChI is InChI=1S/C14H20ClN3O2/c1-13(2)7-18(8-14(3,4)20-13)12(19)9-5-10(15)17-11(16)6-9/h5-6H,7-8H2,1-4H3,(H2,16,17). The van der Waals surface area contributed by atoms with Crippen molar-refractivity contribution < 1.29 is 9.53 Å². The predicted octanol–water partition coefficient (Wildman–Crippen LogP) is 2.35. The number of hydrogen-bond acceptors (Lipinski definition) is 4. The van der Waals surface area contributed by atoms with Crippen LogP contribution in [0.15, 0.2) is 12.1 Å². The number of carbonyl (C=O) groups is 1. The molecule has 0 bridgehead atoms. The topological polar surface area (TPSA) is 68.5 Å². The molecule has 0 aliphatic carbocycles. The highest BCUT2D eigenvalue weighted by atomic mass is 35.5. The average molecular weight is 298 g/mol. The third-order valence-corrected chi connectivity index (χ3v) is 3.24. The lowest BCUT2D eigenvalue weighted by Crippen LogP contribution is -2.58. The van der Waals surface area contributed by atoms with E-state index in [1.807, 2.05) is 27.7 Å². The third-order valence-electron chi connectivity index (χ3n) is 3.04. The normalized spacial score (nSPS) is 20.8. The molecule has 1 aromatic heterocycles. The molecule has 1 aliphatic heterocycles. The minimum atomic E-state index is -0.389. The van der Waals surface area contributed by atoms with Crippen molar-refractivity contribution in [3.05, 3.63) is 22.8 Å². The van der Waals surface area contributed by atoms with Gasteiger partial charge in [0.1, 0.15) is 11.0 Å². The smallest absolute Gasteiger partial charge is 0.254 e. The van der Waals surface area contributed by atoms with E-state index in [2.05, 4.69) is 4.98 Å². The maximum Gasteiger partial charge on any atom is 0.254 e. The van der Waals surface area contributed by atoms with Crippen LogP contribution < -0.4 is 5.73 Å². The van der Waals surface area contributed by atoms with Gasteiger partial charge in [0.05, 0.1) is 11.2 Å². The van der Waals surface area contributed by atoms with E-state index in [-0.39, 0.29) is 28.1 Å². The molecule has 0 unspecified atom stereocenters. The Morgan fingerprint density at radius 1 is 1.30 bits per heavy atom. The second-order valence-electron chi connectivity index (χ2n) is 6.39. The van der Waals surface area contributed by atoms with Gasteiger partial charge in [-0.15, -0.1) is 0 Å². The highest BCUT2D eigenvalue weighted by Crippen LogP contribution is 2.29. The van der Waals surface area contributed by atoms with Crippen LogP contribution in [0.25, 0.3) is 0 Å². The molecule has 6 heteroatoms. The van der Waals surface area contributed by atoms with Gasteiger partial charge in [-0.25, -0.2) is 4.98 Å². The highest BCUT2D eigenvalue weighted by Gasteiger charge is 2.40. The molecule has 20 heavy (non-hydrogen) atoms. The molecule has 1 amide bonds. The number of nitrogen functional groups attached to an aromatic ring is 1. The molecule has 0 saturated carbocycles. The van der Waals surface area contributed by atoms with Crippen molar-refractivity contribution in [3.63, 3.8) is 0 Å². The van der Waals surface area contributed by atoms with E-state index in [1.54, 1.807) is 11.0 Å². The van der Waals surface area contributed by atoms with E-state index < -0.39 is 0 Å². The fourth-order valence-electron chi connectivity index (χ4n) is 2.75. The number of hydrogen-bond donors (Lipinski definition) is 1. The Balaban J connectivity index is 2.28. The molecule has 5 nitrogen and oxygen atoms in total. The highest BCUT2D eigenvalue weighted by molar-refractivity contribution is 6.29. The summed E-state index contributed by atoms with van der Waals surface area (Å²) in [5.41, 5.74) is 5.32. The maximum atomic E-state index is 12.6. The lowest BCUT2D eigenvalue weighted by molar-refractivity contribution is -0.171. The van der Waals surface area contributed by atoms with E-state index >= 15 is 0 Å². The largest absolute Gasteiger partial charge is 0.384 e. The Kier molecular flexibility index (Phi) is 3.69. The van der Waals surface area contributed by atoms with Crippen LogP contribution in [0.4, 0.5) is 5.82 Å². The van der Waals surface area contributed by atoms with Crippen molar-refractivity contribution in [3.8, 4) is 0 Å². The molecule has 1 aromatic rings. The number of amides is 1. The maximum absolute atomic E-state index is 12.6. The van der Waals surface area contributed by atoms with E-state index in [4.69, 9.17) is 22.1 Å². The number of nitrogens with zero attached hydrogens (tertiary/aromatic N) is 2. The van der Waals surface area contributed by atoms with Crippen molar-refractivity contribution in [2.24, 2.45) is 0 Å². The van der Waals surface area contributed by atoms with Crippen LogP contribution in [0.5, 0.6) is 0 Å². The minimum Gasteiger partial charge on any atom is -0.384 e. The van der Waals surface area contributed by atoms with Crippen LogP contribution in [0.2, 0.25) is 5.15 Å². The van der Waals surface area contributed by atoms with Crippen molar-refractivity contribution in [1.29, 1.82) is 0 Å². The molecule has 1 saturated heterocycles. The number of carbonyl (C=O) groups excluding carboxylic acids is 1. The first-order chi connectivity index (χ1) is 9.08. The number of nitrogens with two attached hydrogens (primary N) is 1. The number of aromatic nitrogens is 1. The van der Waals surface area contributed by atoms with Gasteiger partial charge in [-0.2, -0.15) is 0 Å². The number of ether oxygens (including phenoxy) is 1. The first kappa shape index (κ1) is 15.1. The van der Waals surface area contributed by atoms with Crippen molar-refractivity contribution in [2.75, 3.05) is 18.8 Å². The molecule has 0 atom stereocenters. The number of morpholine rings is 1. The van der Waals surface area contributed by atoms with Crippen LogP contribution >= 0.6 is 11.6 Å². The zero-order chi connectivity index (χ0) is 15.1. The summed E-state index contributed by atoms with van der Waals surface area (Å²) < 4.78 is 5.97. The summed E-state index contributed by atoms with van der Waals surface area (Å²) in [5, 5.41) is 0.222. The molecule has 110 valence electrons. The molecular formula is C14H20ClN3O2. The predicted molar refractivity (Wildman–Crippen MR) is 78.8 cm³/mol. The number of anilines is 1. The lowest BCUT2D eigenvalue weighted by Gasteiger charge is -2.47. The molecular weight excluding hydrogens is 278 g/mol. The molecule has 2 N–H and O–H groups in total. The van der Waals surface area contributed by atoms with Crippen LogP contribution in [0.3, 0.4) is 0 Å². The first-order valence-corrected chi connectivity index (χ1v) is 6.88. The summed E-state index contributed by atoms with van der Waals surface area (Å²) >= 11 is 5.86. The third kappa shape index (κ3) is 3.41. The number of halogens is 1. The van der Waals surface area contributed by atoms with Gasteiger partial charge in [0.25, 0.3) is 5.91 Å². The van der Waals surface area contributed by atoms with Gasteiger partial charge in [0.2, 0.25) is 0 Å². The molecule has 0 aromatic carbocycles. The molecule has 2 heterocycles. The summed E-state index contributed by atoms with van der Waals surface area (Å²) in [6.45, 7) is 8.94. The zero-order valence-electron chi connectivity index (χ0n) is 12.2. The van der Waals surface area contributed by atoms with Gasteiger partial charge in [-0.3, -0.25) is 4.79 Å². The Hall–Kier alpha value is -1.33. The van der Waals surface area contributed by atoms with Crippen molar-refractivity contribution in [1.82, 2.24) is 9.88 Å². The molecule has 0 spiro atoms. The SMILES string of the molecule is CC1(C)CN(C(=O)c2cc(N)nc(Cl)c2)CC(C)(C)O1. The second-order valence-corrected chi connectivity index (χ2v) is 6.77. The summed E-state index contributed by atoms with van der Waals surface area (Å²) in [7, 11) is 0. The van der Waals surface area contributed by atoms with E-state index in [1.165, 1.54) is 6.07 Å². The quantitative estimate of drug-likeness (QED) is 0.808. The molecule has 1 fully saturated rings. The Morgan fingerprint density at radius 2 is 1.85 bits per heavy atom. The van der Waals surface area contributed by atoms with Gasteiger partial charge in [-0.1, -0.05) is 11.6 Å². The van der Waals surface area contributed by atoms with Gasteiger partial charge >= 0.3 is 0 Å². The summed E-state index contributed by atoms with van der Waals surface area (Å²) in [6.07, 6.45) is 0. The zero-order valence-corrected chi connectivity index (χ0v) is 13.0. The van der Waals surface area contributed by atoms with Gasteiger partial charge < -0.3 is 15.4 Å². The molecule has 1 aliphatic rings. The monoisotopic (exact) mass is 297 g/mol. The van der Waals surface area contributed by atoms with Crippen LogP contribution in [-0.4, -0.2) is 40.1 Å². The van der Waals surface area contributed by atoms with Gasteiger partial charge in [0, 0.05) is 18.7 Å². The van der Waals surface area contributed by atoms with Crippen molar-refractivity contribution >= 4 is 23.3 Å². The van der Waals surface area contributed by atoms with Gasteiger partial charge in [-0.05, 0) is 39.8 Å². The number of pyridine rings is 1. The van der Waals surface area contributed by atoms with Gasteiger partial charge in [0.15, 0.2) is 0 Å². The number of rotatable bonds is 1. The fourth-order valence-corrected chi connectivity index (χ4v) is 2.97. The summed E-state index contributed by atoms with van der Waals surface area (Å²) in [5.74, 6) is 0.137. The van der Waals surface area contributed by atoms with Crippen LogP contribution in [0.1, 0.15) is 38.1 Å². The Bertz CT molecular complexity index is 507. The summed E-state index contributed by atoms with van der Waals surface area (Å²) in [4.78, 5) is 18.2. The van der Waals surface area contributed by atoms with Crippen molar-refractivity contribution in [2.45, 2.75) is 38.9 Å². The average Bonchev–Trinajstić information content (AvgIpc) is 2.22. The Morgan fingerprint density at radius 3 is 2.35 bits per heavy atom. The first-order valence-electron chi connectivity index (χ1n) is 6.51. The van der Waals surface area contributed by atoms with E-state index in [0.717, 1.165) is 0 Å². The van der Waals surface area contributed by atoms with E-state index in [0.29, 0.717) is 18.7 Å². The Labute approximate surface area is 124 Å². The fraction of sp³-hybridized carbons (Fsp3) is 0.571. The lowest BCUT2D eigenvalue weighted by atomic mass is 9.98. The molecule has 2 rings (SSSR count). The second kappa shape index (κ2) is 4.90. The van der Waals surface area contributed by atoms with Crippen LogP contribution in [0, 0.1) is 0 Å². The van der Waals surface area contributed by atoms with E-state index in [9.17, 15) is 4.79 Å². The summed E-state index contributed by atoms with van der Waals surface area (Å²) in [6, 6.07) is 3.08. The van der Waals surface area contributed by atoms with Crippen LogP contribution in [-0.2, 0) is 4.74 Å². The minimum absolute atomic E-state index is 0.106. The molecule has 0 radical (unpaired) electrons.